The van der Waals surface area contributed by atoms with Crippen molar-refractivity contribution in [3.05, 3.63) is 46.3 Å². The highest BCUT2D eigenvalue weighted by atomic mass is 35.5. The number of ether oxygens (including phenoxy) is 1. The van der Waals surface area contributed by atoms with E-state index in [-0.39, 0.29) is 0 Å². The molecular weight excluding hydrogens is 232 g/mol. The summed E-state index contributed by atoms with van der Waals surface area (Å²) in [4.78, 5) is 10.5. The van der Waals surface area contributed by atoms with Crippen LogP contribution in [0.25, 0.3) is 0 Å². The third kappa shape index (κ3) is 2.58. The van der Waals surface area contributed by atoms with E-state index in [0.29, 0.717) is 20.7 Å². The Hall–Kier alpha value is -1.32. The zero-order chi connectivity index (χ0) is 10.7. The second-order valence-corrected chi connectivity index (χ2v) is 4.53. The van der Waals surface area contributed by atoms with Gasteiger partial charge in [0.2, 0.25) is 0 Å². The van der Waals surface area contributed by atoms with Gasteiger partial charge in [-0.05, 0) is 24.3 Å². The summed E-state index contributed by atoms with van der Waals surface area (Å²) in [6, 6.07) is 10.5. The summed E-state index contributed by atoms with van der Waals surface area (Å²) in [5.41, 5.74) is 0.593. The highest BCUT2D eigenvalue weighted by molar-refractivity contribution is 7.17. The van der Waals surface area contributed by atoms with Crippen LogP contribution in [0, 0.1) is 0 Å². The van der Waals surface area contributed by atoms with Crippen LogP contribution >= 0.6 is 22.9 Å². The minimum Gasteiger partial charge on any atom is -0.447 e. The molecule has 2 rings (SSSR count). The summed E-state index contributed by atoms with van der Waals surface area (Å²) in [7, 11) is 0. The molecule has 1 aromatic carbocycles. The maximum atomic E-state index is 10.5. The van der Waals surface area contributed by atoms with Crippen molar-refractivity contribution in [2.45, 2.75) is 0 Å². The molecule has 0 aliphatic heterocycles. The molecule has 2 nitrogen and oxygen atoms in total. The zero-order valence-electron chi connectivity index (χ0n) is 7.64. The molecule has 0 saturated heterocycles. The van der Waals surface area contributed by atoms with Crippen LogP contribution < -0.4 is 4.74 Å². The molecule has 0 aliphatic rings. The second kappa shape index (κ2) is 4.47. The summed E-state index contributed by atoms with van der Waals surface area (Å²) < 4.78 is 6.19. The molecule has 0 unspecified atom stereocenters. The number of hydrogen-bond acceptors (Lipinski definition) is 3. The molecule has 76 valence electrons. The summed E-state index contributed by atoms with van der Waals surface area (Å²) in [5.74, 6) is 0.637. The van der Waals surface area contributed by atoms with Crippen LogP contribution in [-0.4, -0.2) is 6.29 Å². The van der Waals surface area contributed by atoms with E-state index < -0.39 is 0 Å². The van der Waals surface area contributed by atoms with Gasteiger partial charge in [-0.3, -0.25) is 4.79 Å². The summed E-state index contributed by atoms with van der Waals surface area (Å²) in [5, 5.41) is 0.711. The normalized spacial score (nSPS) is 9.93. The third-order valence-electron chi connectivity index (χ3n) is 1.76. The Balaban J connectivity index is 2.20. The number of carbonyl (C=O) groups is 1. The van der Waals surface area contributed by atoms with E-state index in [0.717, 1.165) is 6.29 Å². The van der Waals surface area contributed by atoms with Crippen LogP contribution in [0.2, 0.25) is 4.34 Å². The maximum Gasteiger partial charge on any atom is 0.182 e. The van der Waals surface area contributed by atoms with E-state index >= 15 is 0 Å². The van der Waals surface area contributed by atoms with Crippen LogP contribution in [0.1, 0.15) is 10.4 Å². The second-order valence-electron chi connectivity index (χ2n) is 2.85. The van der Waals surface area contributed by atoms with Gasteiger partial charge in [0.1, 0.15) is 12.0 Å². The van der Waals surface area contributed by atoms with E-state index in [2.05, 4.69) is 0 Å². The van der Waals surface area contributed by atoms with E-state index in [4.69, 9.17) is 16.3 Å². The van der Waals surface area contributed by atoms with Crippen molar-refractivity contribution in [2.75, 3.05) is 0 Å². The average Bonchev–Trinajstić information content (AvgIpc) is 2.64. The van der Waals surface area contributed by atoms with Crippen LogP contribution in [-0.2, 0) is 0 Å². The third-order valence-corrected chi connectivity index (χ3v) is 2.87. The van der Waals surface area contributed by atoms with Crippen molar-refractivity contribution in [2.24, 2.45) is 0 Å². The summed E-state index contributed by atoms with van der Waals surface area (Å²) in [6.07, 6.45) is 0.786. The highest BCUT2D eigenvalue weighted by Crippen LogP contribution is 2.32. The smallest absolute Gasteiger partial charge is 0.182 e. The number of hydrogen-bond donors (Lipinski definition) is 0. The molecule has 0 aliphatic carbocycles. The molecule has 4 heteroatoms. The Morgan fingerprint density at radius 1 is 1.27 bits per heavy atom. The summed E-state index contributed by atoms with van der Waals surface area (Å²) >= 11 is 7.12. The average molecular weight is 239 g/mol. The lowest BCUT2D eigenvalue weighted by Crippen LogP contribution is -1.83. The fourth-order valence-electron chi connectivity index (χ4n) is 1.12. The lowest BCUT2D eigenvalue weighted by molar-refractivity contribution is 0.112. The molecule has 0 spiro atoms. The number of aldehydes is 1. The minimum absolute atomic E-state index is 0.593. The maximum absolute atomic E-state index is 10.5. The number of thiophene rings is 1. The Kier molecular flexibility index (Phi) is 3.04. The van der Waals surface area contributed by atoms with Gasteiger partial charge in [0, 0.05) is 5.56 Å². The lowest BCUT2D eigenvalue weighted by atomic mass is 10.2. The number of carbonyl (C=O) groups excluding carboxylic acids is 1. The van der Waals surface area contributed by atoms with Gasteiger partial charge >= 0.3 is 0 Å². The Labute approximate surface area is 96.1 Å². The molecule has 0 saturated carbocycles. The number of benzene rings is 1. The Morgan fingerprint density at radius 2 is 2.13 bits per heavy atom. The quantitative estimate of drug-likeness (QED) is 0.756. The van der Waals surface area contributed by atoms with E-state index in [1.165, 1.54) is 11.3 Å². The molecule has 2 aromatic rings. The van der Waals surface area contributed by atoms with Crippen molar-refractivity contribution in [3.8, 4) is 10.8 Å². The fourth-order valence-corrected chi connectivity index (χ4v) is 2.01. The lowest BCUT2D eigenvalue weighted by Gasteiger charge is -2.02. The first kappa shape index (κ1) is 10.2. The molecule has 0 atom stereocenters. The zero-order valence-corrected chi connectivity index (χ0v) is 9.22. The molecule has 1 aromatic heterocycles. The largest absolute Gasteiger partial charge is 0.447 e. The number of rotatable bonds is 3. The van der Waals surface area contributed by atoms with Gasteiger partial charge in [-0.25, -0.2) is 0 Å². The topological polar surface area (TPSA) is 26.3 Å². The molecule has 0 N–H and O–H groups in total. The Morgan fingerprint density at radius 3 is 2.80 bits per heavy atom. The predicted octanol–water partition coefficient (Wildman–Crippen LogP) is 4.01. The molecule has 0 fully saturated rings. The molecular formula is C11H7ClO2S. The van der Waals surface area contributed by atoms with Crippen LogP contribution in [0.15, 0.2) is 36.4 Å². The molecule has 1 heterocycles. The predicted molar refractivity (Wildman–Crippen MR) is 61.2 cm³/mol. The Bertz CT molecular complexity index is 479. The van der Waals surface area contributed by atoms with Crippen LogP contribution in [0.5, 0.6) is 10.8 Å². The first-order chi connectivity index (χ1) is 7.28. The molecule has 0 amide bonds. The van der Waals surface area contributed by atoms with Crippen molar-refractivity contribution in [3.63, 3.8) is 0 Å². The molecule has 0 bridgehead atoms. The van der Waals surface area contributed by atoms with Gasteiger partial charge in [0.15, 0.2) is 5.06 Å². The van der Waals surface area contributed by atoms with E-state index in [1.54, 1.807) is 36.4 Å². The van der Waals surface area contributed by atoms with Crippen LogP contribution in [0.4, 0.5) is 0 Å². The number of halogens is 1. The molecule has 0 radical (unpaired) electrons. The van der Waals surface area contributed by atoms with Crippen LogP contribution in [0.3, 0.4) is 0 Å². The van der Waals surface area contributed by atoms with Crippen molar-refractivity contribution >= 4 is 29.2 Å². The first-order valence-corrected chi connectivity index (χ1v) is 5.46. The monoisotopic (exact) mass is 238 g/mol. The van der Waals surface area contributed by atoms with Gasteiger partial charge in [-0.1, -0.05) is 35.1 Å². The minimum atomic E-state index is 0.593. The highest BCUT2D eigenvalue weighted by Gasteiger charge is 2.01. The van der Waals surface area contributed by atoms with Gasteiger partial charge in [-0.15, -0.1) is 0 Å². The van der Waals surface area contributed by atoms with Crippen molar-refractivity contribution < 1.29 is 9.53 Å². The van der Waals surface area contributed by atoms with Crippen molar-refractivity contribution in [1.29, 1.82) is 0 Å². The van der Waals surface area contributed by atoms with E-state index in [1.807, 2.05) is 0 Å². The van der Waals surface area contributed by atoms with Gasteiger partial charge in [-0.2, -0.15) is 0 Å². The van der Waals surface area contributed by atoms with Gasteiger partial charge in [0.25, 0.3) is 0 Å². The summed E-state index contributed by atoms with van der Waals surface area (Å²) in [6.45, 7) is 0. The van der Waals surface area contributed by atoms with E-state index in [9.17, 15) is 4.79 Å². The fraction of sp³-hybridized carbons (Fsp3) is 0. The van der Waals surface area contributed by atoms with Gasteiger partial charge in [0.05, 0.1) is 4.34 Å². The SMILES string of the molecule is O=Cc1cccc(Oc2ccc(Cl)s2)c1. The standard InChI is InChI=1S/C11H7ClO2S/c12-10-4-5-11(15-10)14-9-3-1-2-8(6-9)7-13/h1-7H. The van der Waals surface area contributed by atoms with Crippen molar-refractivity contribution in [1.82, 2.24) is 0 Å². The van der Waals surface area contributed by atoms with Gasteiger partial charge < -0.3 is 4.74 Å². The first-order valence-electron chi connectivity index (χ1n) is 4.26. The molecule has 15 heavy (non-hydrogen) atoms.